The molecule has 0 spiro atoms. The third-order valence-corrected chi connectivity index (χ3v) is 12.4. The van der Waals surface area contributed by atoms with E-state index in [9.17, 15) is 32.4 Å². The average molecular weight is 708 g/mol. The van der Waals surface area contributed by atoms with Gasteiger partial charge in [-0.05, 0) is 61.0 Å². The number of hydrogen-bond acceptors (Lipinski definition) is 10. The maximum absolute atomic E-state index is 14.5. The highest BCUT2D eigenvalue weighted by Gasteiger charge is 2.61. The number of carbonyl (C=O) groups is 5. The smallest absolute Gasteiger partial charge is 0.306 e. The second kappa shape index (κ2) is 13.5. The van der Waals surface area contributed by atoms with Crippen molar-refractivity contribution >= 4 is 50.1 Å². The van der Waals surface area contributed by atoms with Crippen LogP contribution in [-0.2, 0) is 33.9 Å². The van der Waals surface area contributed by atoms with E-state index >= 15 is 0 Å². The third kappa shape index (κ3) is 7.33. The molecule has 2 aromatic rings. The van der Waals surface area contributed by atoms with E-state index in [1.165, 1.54) is 4.90 Å². The Labute approximate surface area is 292 Å². The lowest BCUT2D eigenvalue weighted by Gasteiger charge is -2.34. The number of fused-ring (bicyclic) bond motifs is 3. The van der Waals surface area contributed by atoms with Crippen molar-refractivity contribution in [2.45, 2.75) is 96.0 Å². The molecule has 2 saturated carbocycles. The van der Waals surface area contributed by atoms with Gasteiger partial charge in [-0.25, -0.2) is 13.4 Å². The molecule has 1 N–H and O–H groups in total. The number of nitrogens with one attached hydrogen (secondary N) is 1. The van der Waals surface area contributed by atoms with Crippen LogP contribution in [0.5, 0.6) is 5.88 Å². The first-order valence-electron chi connectivity index (χ1n) is 17.4. The third-order valence-electron chi connectivity index (χ3n) is 10.6. The molecular weight excluding hydrogens is 662 g/mol. The van der Waals surface area contributed by atoms with E-state index in [0.717, 1.165) is 5.39 Å². The average Bonchev–Trinajstić information content (AvgIpc) is 3.99. The van der Waals surface area contributed by atoms with Crippen LogP contribution < -0.4 is 9.46 Å². The van der Waals surface area contributed by atoms with Crippen molar-refractivity contribution in [3.8, 4) is 5.88 Å². The zero-order valence-electron chi connectivity index (χ0n) is 28.8. The summed E-state index contributed by atoms with van der Waals surface area (Å²) in [5.41, 5.74) is -1.49. The van der Waals surface area contributed by atoms with Gasteiger partial charge in [-0.3, -0.25) is 28.7 Å². The molecule has 2 aliphatic carbocycles. The van der Waals surface area contributed by atoms with E-state index in [1.807, 2.05) is 26.8 Å². The minimum absolute atomic E-state index is 0.00764. The van der Waals surface area contributed by atoms with Crippen LogP contribution in [0.3, 0.4) is 0 Å². The summed E-state index contributed by atoms with van der Waals surface area (Å²) in [6, 6.07) is 6.10. The molecule has 4 bridgehead atoms. The lowest BCUT2D eigenvalue weighted by atomic mass is 9.77. The van der Waals surface area contributed by atoms with Crippen molar-refractivity contribution in [1.29, 1.82) is 0 Å². The molecule has 1 aromatic heterocycles. The highest BCUT2D eigenvalue weighted by atomic mass is 32.2. The molecule has 1 aromatic carbocycles. The fourth-order valence-electron chi connectivity index (χ4n) is 7.21. The molecule has 5 atom stereocenters. The van der Waals surface area contributed by atoms with Crippen molar-refractivity contribution < 1.29 is 41.9 Å². The van der Waals surface area contributed by atoms with Gasteiger partial charge >= 0.3 is 5.97 Å². The van der Waals surface area contributed by atoms with Gasteiger partial charge in [0.2, 0.25) is 27.7 Å². The number of aromatic nitrogens is 1. The Morgan fingerprint density at radius 2 is 1.90 bits per heavy atom. The monoisotopic (exact) mass is 707 g/mol. The molecule has 268 valence electrons. The number of benzene rings is 1. The van der Waals surface area contributed by atoms with Crippen molar-refractivity contribution in [2.24, 2.45) is 22.7 Å². The van der Waals surface area contributed by atoms with E-state index in [-0.39, 0.29) is 56.9 Å². The van der Waals surface area contributed by atoms with Crippen molar-refractivity contribution in [1.82, 2.24) is 14.6 Å². The van der Waals surface area contributed by atoms with Crippen molar-refractivity contribution in [2.75, 3.05) is 13.2 Å². The van der Waals surface area contributed by atoms with Crippen LogP contribution in [0.15, 0.2) is 43.1 Å². The minimum Gasteiger partial charge on any atom is -0.472 e. The summed E-state index contributed by atoms with van der Waals surface area (Å²) in [5, 5.41) is 0.808. The molecule has 2 amide bonds. The molecule has 6 rings (SSSR count). The van der Waals surface area contributed by atoms with Gasteiger partial charge in [0.25, 0.3) is 0 Å². The maximum Gasteiger partial charge on any atom is 0.306 e. The summed E-state index contributed by atoms with van der Waals surface area (Å²) >= 11 is 0. The Morgan fingerprint density at radius 1 is 1.14 bits per heavy atom. The van der Waals surface area contributed by atoms with E-state index in [2.05, 4.69) is 16.3 Å². The zero-order chi connectivity index (χ0) is 36.0. The molecule has 3 fully saturated rings. The van der Waals surface area contributed by atoms with Crippen LogP contribution in [0.2, 0.25) is 0 Å². The van der Waals surface area contributed by atoms with Gasteiger partial charge in [-0.2, -0.15) is 0 Å². The SMILES string of the molecule is C=C[C@H]1C[C@]1(CC(=O)C1C[C@@H]2CN1C(=O)C(C(C)(C)C)CC(=O)OCCCCC(=O)c1ccc3ccnc(c3c1)O2)C(=O)NS(=O)(=O)C1CC1. The summed E-state index contributed by atoms with van der Waals surface area (Å²) in [4.78, 5) is 74.3. The number of carbonyl (C=O) groups excluding carboxylic acids is 5. The van der Waals surface area contributed by atoms with Gasteiger partial charge in [0.15, 0.2) is 11.6 Å². The quantitative estimate of drug-likeness (QED) is 0.324. The number of rotatable bonds is 7. The Balaban J connectivity index is 1.34. The van der Waals surface area contributed by atoms with Gasteiger partial charge in [0.1, 0.15) is 6.10 Å². The van der Waals surface area contributed by atoms with E-state index < -0.39 is 73.7 Å². The molecule has 1 saturated heterocycles. The number of Topliss-reactive ketones (excluding diaryl/α,β-unsaturated/α-hetero) is 2. The topological polar surface area (TPSA) is 166 Å². The lowest BCUT2D eigenvalue weighted by Crippen LogP contribution is -2.48. The fourth-order valence-corrected chi connectivity index (χ4v) is 8.60. The normalized spacial score (nSPS) is 28.0. The summed E-state index contributed by atoms with van der Waals surface area (Å²) in [6.45, 7) is 9.45. The van der Waals surface area contributed by atoms with Gasteiger partial charge in [0, 0.05) is 36.4 Å². The molecular formula is C37H45N3O9S. The number of ether oxygens (including phenoxy) is 2. The summed E-state index contributed by atoms with van der Waals surface area (Å²) in [5.74, 6) is -3.16. The molecule has 13 heteroatoms. The zero-order valence-corrected chi connectivity index (χ0v) is 29.6. The highest BCUT2D eigenvalue weighted by Crippen LogP contribution is 2.57. The lowest BCUT2D eigenvalue weighted by molar-refractivity contribution is -0.153. The number of sulfonamides is 1. The number of esters is 1. The van der Waals surface area contributed by atoms with Crippen LogP contribution in [0.4, 0.5) is 0 Å². The molecule has 0 radical (unpaired) electrons. The molecule has 4 aliphatic rings. The van der Waals surface area contributed by atoms with Crippen LogP contribution >= 0.6 is 0 Å². The van der Waals surface area contributed by atoms with Gasteiger partial charge < -0.3 is 14.4 Å². The number of amides is 2. The first-order chi connectivity index (χ1) is 23.6. The molecule has 2 unspecified atom stereocenters. The van der Waals surface area contributed by atoms with Crippen LogP contribution in [0.25, 0.3) is 10.8 Å². The first kappa shape index (κ1) is 35.7. The molecule has 2 aliphatic heterocycles. The predicted octanol–water partition coefficient (Wildman–Crippen LogP) is 4.31. The first-order valence-corrected chi connectivity index (χ1v) is 18.9. The molecule has 50 heavy (non-hydrogen) atoms. The number of allylic oxidation sites excluding steroid dienone is 1. The molecule has 3 heterocycles. The maximum atomic E-state index is 14.5. The minimum atomic E-state index is -3.85. The van der Waals surface area contributed by atoms with E-state index in [1.54, 1.807) is 30.5 Å². The van der Waals surface area contributed by atoms with Crippen LogP contribution in [0.1, 0.15) is 88.9 Å². The predicted molar refractivity (Wildman–Crippen MR) is 183 cm³/mol. The number of cyclic esters (lactones) is 1. The Kier molecular flexibility index (Phi) is 9.66. The second-order valence-corrected chi connectivity index (χ2v) is 17.2. The van der Waals surface area contributed by atoms with Crippen molar-refractivity contribution in [3.63, 3.8) is 0 Å². The van der Waals surface area contributed by atoms with E-state index in [4.69, 9.17) is 9.47 Å². The van der Waals surface area contributed by atoms with Gasteiger partial charge in [-0.1, -0.05) is 39.0 Å². The van der Waals surface area contributed by atoms with Crippen molar-refractivity contribution in [3.05, 3.63) is 48.7 Å². The van der Waals surface area contributed by atoms with Gasteiger partial charge in [-0.15, -0.1) is 6.58 Å². The molecule has 12 nitrogen and oxygen atoms in total. The van der Waals surface area contributed by atoms with E-state index in [0.29, 0.717) is 36.6 Å². The summed E-state index contributed by atoms with van der Waals surface area (Å²) in [7, 11) is -3.85. The standard InChI is InChI=1S/C37H45N3O9S/c1-5-24-19-37(24,35(45)39-50(46,47)26-11-12-26)20-31(42)29-17-25-21-40(29)34(44)28(36(2,3)4)18-32(43)48-15-7-6-8-30(41)23-10-9-22-13-14-38-33(49-25)27(22)16-23/h5,9-10,13-14,16,24-26,28-29H,1,6-8,11-12,15,17-21H2,2-4H3,(H,39,45)/t24-,25+,28?,29?,37+/m0/s1. The Bertz CT molecular complexity index is 1850. The van der Waals surface area contributed by atoms with Crippen LogP contribution in [0, 0.1) is 22.7 Å². The van der Waals surface area contributed by atoms with Crippen LogP contribution in [-0.4, -0.2) is 78.2 Å². The Hall–Kier alpha value is -4.13. The van der Waals surface area contributed by atoms with Gasteiger partial charge in [0.05, 0.1) is 42.2 Å². The largest absolute Gasteiger partial charge is 0.472 e. The number of ketones is 2. The Morgan fingerprint density at radius 3 is 2.58 bits per heavy atom. The summed E-state index contributed by atoms with van der Waals surface area (Å²) < 4.78 is 39.5. The summed E-state index contributed by atoms with van der Waals surface area (Å²) in [6.07, 6.45) is 4.51. The highest BCUT2D eigenvalue weighted by molar-refractivity contribution is 7.90. The number of nitrogens with zero attached hydrogens (tertiary/aromatic N) is 2. The number of pyridine rings is 1. The fraction of sp³-hybridized carbons (Fsp3) is 0.568. The number of hydrogen-bond donors (Lipinski definition) is 1. The second-order valence-electron chi connectivity index (χ2n) is 15.3.